The Morgan fingerprint density at radius 1 is 1.35 bits per heavy atom. The molecule has 0 heterocycles. The summed E-state index contributed by atoms with van der Waals surface area (Å²) in [6, 6.07) is 0. The first-order chi connectivity index (χ1) is 10.8. The van der Waals surface area contributed by atoms with E-state index in [1.807, 2.05) is 6.92 Å². The molecule has 1 atom stereocenters. The van der Waals surface area contributed by atoms with E-state index in [4.69, 9.17) is 4.74 Å². The van der Waals surface area contributed by atoms with Crippen molar-refractivity contribution in [1.82, 2.24) is 0 Å². The Balaban J connectivity index is 2.85. The van der Waals surface area contributed by atoms with Crippen molar-refractivity contribution in [3.63, 3.8) is 0 Å². The second-order valence-electron chi connectivity index (χ2n) is 7.30. The summed E-state index contributed by atoms with van der Waals surface area (Å²) in [5.74, 6) is 0. The lowest BCUT2D eigenvalue weighted by Crippen LogP contribution is -2.19. The highest BCUT2D eigenvalue weighted by Crippen LogP contribution is 2.40. The molecule has 128 valence electrons. The van der Waals surface area contributed by atoms with Gasteiger partial charge in [0.2, 0.25) is 0 Å². The van der Waals surface area contributed by atoms with Gasteiger partial charge in [0.05, 0.1) is 6.10 Å². The monoisotopic (exact) mass is 316 g/mol. The second kappa shape index (κ2) is 9.02. The lowest BCUT2D eigenvalue weighted by atomic mass is 9.72. The van der Waals surface area contributed by atoms with E-state index in [1.54, 1.807) is 13.2 Å². The summed E-state index contributed by atoms with van der Waals surface area (Å²) in [6.45, 7) is 11.0. The molecule has 1 aliphatic rings. The molecule has 0 aromatic carbocycles. The standard InChI is InChI=1S/C21H32O2/c1-16(14-19(23-6)15-17(2)11-13-22)9-10-20-18(3)8-7-12-21(20,4)5/h9-11,13-14,19H,7-8,12,15H2,1-6H3/b10-9+,16-14+,17-11+. The summed E-state index contributed by atoms with van der Waals surface area (Å²) < 4.78 is 5.51. The number of allylic oxidation sites excluding steroid dienone is 6. The third kappa shape index (κ3) is 6.31. The lowest BCUT2D eigenvalue weighted by molar-refractivity contribution is -0.104. The Labute approximate surface area is 142 Å². The Hall–Kier alpha value is -1.41. The van der Waals surface area contributed by atoms with Gasteiger partial charge in [-0.1, -0.05) is 48.8 Å². The molecule has 0 N–H and O–H groups in total. The normalized spacial score (nSPS) is 21.0. The first kappa shape index (κ1) is 19.6. The molecule has 0 spiro atoms. The maximum Gasteiger partial charge on any atom is 0.142 e. The average molecular weight is 316 g/mol. The lowest BCUT2D eigenvalue weighted by Gasteiger charge is -2.33. The van der Waals surface area contributed by atoms with Crippen molar-refractivity contribution in [2.75, 3.05) is 7.11 Å². The highest BCUT2D eigenvalue weighted by Gasteiger charge is 2.26. The van der Waals surface area contributed by atoms with Crippen molar-refractivity contribution in [3.8, 4) is 0 Å². The van der Waals surface area contributed by atoms with Crippen LogP contribution in [-0.2, 0) is 9.53 Å². The van der Waals surface area contributed by atoms with Gasteiger partial charge in [0.15, 0.2) is 0 Å². The van der Waals surface area contributed by atoms with Crippen LogP contribution in [0.1, 0.15) is 60.3 Å². The molecule has 0 aromatic heterocycles. The van der Waals surface area contributed by atoms with E-state index in [-0.39, 0.29) is 11.5 Å². The van der Waals surface area contributed by atoms with Gasteiger partial charge in [0, 0.05) is 7.11 Å². The second-order valence-corrected chi connectivity index (χ2v) is 7.30. The van der Waals surface area contributed by atoms with Crippen molar-refractivity contribution >= 4 is 6.29 Å². The number of ether oxygens (including phenoxy) is 1. The van der Waals surface area contributed by atoms with Crippen molar-refractivity contribution in [2.24, 2.45) is 5.41 Å². The zero-order chi connectivity index (χ0) is 17.5. The van der Waals surface area contributed by atoms with Crippen LogP contribution in [0.3, 0.4) is 0 Å². The molecule has 2 nitrogen and oxygen atoms in total. The summed E-state index contributed by atoms with van der Waals surface area (Å²) in [6.07, 6.45) is 13.5. The van der Waals surface area contributed by atoms with Gasteiger partial charge < -0.3 is 4.74 Å². The first-order valence-electron chi connectivity index (χ1n) is 8.50. The number of methoxy groups -OCH3 is 1. The molecule has 0 aromatic rings. The van der Waals surface area contributed by atoms with Crippen LogP contribution >= 0.6 is 0 Å². The fraction of sp³-hybridized carbons (Fsp3) is 0.571. The summed E-state index contributed by atoms with van der Waals surface area (Å²) in [5, 5.41) is 0. The number of carbonyl (C=O) groups is 1. The summed E-state index contributed by atoms with van der Waals surface area (Å²) in [4.78, 5) is 10.5. The Morgan fingerprint density at radius 3 is 2.61 bits per heavy atom. The third-order valence-corrected chi connectivity index (χ3v) is 4.68. The molecule has 0 radical (unpaired) electrons. The number of carbonyl (C=O) groups excluding carboxylic acids is 1. The van der Waals surface area contributed by atoms with Crippen LogP contribution in [0.5, 0.6) is 0 Å². The van der Waals surface area contributed by atoms with Gasteiger partial charge in [-0.3, -0.25) is 4.79 Å². The third-order valence-electron chi connectivity index (χ3n) is 4.68. The summed E-state index contributed by atoms with van der Waals surface area (Å²) >= 11 is 0. The van der Waals surface area contributed by atoms with E-state index in [1.165, 1.54) is 36.0 Å². The van der Waals surface area contributed by atoms with Crippen LogP contribution in [0.2, 0.25) is 0 Å². The molecule has 0 amide bonds. The topological polar surface area (TPSA) is 26.3 Å². The maximum atomic E-state index is 10.5. The molecule has 0 aliphatic heterocycles. The van der Waals surface area contributed by atoms with E-state index >= 15 is 0 Å². The van der Waals surface area contributed by atoms with Crippen LogP contribution in [0.4, 0.5) is 0 Å². The van der Waals surface area contributed by atoms with Gasteiger partial charge in [-0.25, -0.2) is 0 Å². The number of rotatable bonds is 7. The predicted octanol–water partition coefficient (Wildman–Crippen LogP) is 5.57. The van der Waals surface area contributed by atoms with Crippen LogP contribution in [-0.4, -0.2) is 19.5 Å². The van der Waals surface area contributed by atoms with Crippen LogP contribution in [0.15, 0.2) is 46.6 Å². The highest BCUT2D eigenvalue weighted by atomic mass is 16.5. The zero-order valence-corrected chi connectivity index (χ0v) is 15.6. The van der Waals surface area contributed by atoms with Crippen molar-refractivity contribution in [3.05, 3.63) is 46.6 Å². The number of hydrogen-bond donors (Lipinski definition) is 0. The minimum atomic E-state index is 0.00490. The van der Waals surface area contributed by atoms with Gasteiger partial charge in [0.1, 0.15) is 6.29 Å². The average Bonchev–Trinajstić information content (AvgIpc) is 2.45. The maximum absolute atomic E-state index is 10.5. The molecule has 1 rings (SSSR count). The van der Waals surface area contributed by atoms with E-state index in [0.29, 0.717) is 0 Å². The Bertz CT molecular complexity index is 530. The van der Waals surface area contributed by atoms with Gasteiger partial charge in [0.25, 0.3) is 0 Å². The minimum Gasteiger partial charge on any atom is -0.377 e. The molecule has 1 unspecified atom stereocenters. The molecule has 1 aliphatic carbocycles. The van der Waals surface area contributed by atoms with E-state index in [2.05, 4.69) is 45.9 Å². The molecular weight excluding hydrogens is 284 g/mol. The summed E-state index contributed by atoms with van der Waals surface area (Å²) in [7, 11) is 1.71. The fourth-order valence-electron chi connectivity index (χ4n) is 3.29. The van der Waals surface area contributed by atoms with Crippen LogP contribution < -0.4 is 0 Å². The van der Waals surface area contributed by atoms with Gasteiger partial charge in [-0.2, -0.15) is 0 Å². The van der Waals surface area contributed by atoms with Gasteiger partial charge in [-0.05, 0) is 63.5 Å². The van der Waals surface area contributed by atoms with Gasteiger partial charge in [-0.15, -0.1) is 0 Å². The molecule has 0 bridgehead atoms. The largest absolute Gasteiger partial charge is 0.377 e. The Morgan fingerprint density at radius 2 is 2.04 bits per heavy atom. The molecule has 0 saturated carbocycles. The van der Waals surface area contributed by atoms with Crippen molar-refractivity contribution in [2.45, 2.75) is 66.4 Å². The summed E-state index contributed by atoms with van der Waals surface area (Å²) in [5.41, 5.74) is 5.48. The highest BCUT2D eigenvalue weighted by molar-refractivity contribution is 5.65. The van der Waals surface area contributed by atoms with E-state index < -0.39 is 0 Å². The minimum absolute atomic E-state index is 0.00490. The first-order valence-corrected chi connectivity index (χ1v) is 8.50. The van der Waals surface area contributed by atoms with Crippen molar-refractivity contribution in [1.29, 1.82) is 0 Å². The molecule has 0 saturated heterocycles. The fourth-order valence-corrected chi connectivity index (χ4v) is 3.29. The number of hydrogen-bond acceptors (Lipinski definition) is 2. The smallest absolute Gasteiger partial charge is 0.142 e. The molecule has 23 heavy (non-hydrogen) atoms. The van der Waals surface area contributed by atoms with Crippen molar-refractivity contribution < 1.29 is 9.53 Å². The zero-order valence-electron chi connectivity index (χ0n) is 15.6. The van der Waals surface area contributed by atoms with E-state index in [9.17, 15) is 4.79 Å². The molecular formula is C21H32O2. The van der Waals surface area contributed by atoms with Crippen LogP contribution in [0, 0.1) is 5.41 Å². The SMILES string of the molecule is COC(/C=C(C)/C=C/C1=C(C)CCCC1(C)C)C/C(C)=C/C=O. The number of aldehydes is 1. The van der Waals surface area contributed by atoms with Gasteiger partial charge >= 0.3 is 0 Å². The Kier molecular flexibility index (Phi) is 7.70. The molecule has 2 heteroatoms. The molecule has 0 fully saturated rings. The van der Waals surface area contributed by atoms with E-state index in [0.717, 1.165) is 18.3 Å². The van der Waals surface area contributed by atoms with Crippen LogP contribution in [0.25, 0.3) is 0 Å². The quantitative estimate of drug-likeness (QED) is 0.349. The predicted molar refractivity (Wildman–Crippen MR) is 98.5 cm³/mol.